The topological polar surface area (TPSA) is 71.3 Å². The lowest BCUT2D eigenvalue weighted by Gasteiger charge is -2.06. The van der Waals surface area contributed by atoms with Gasteiger partial charge < -0.3 is 9.73 Å². The second-order valence-corrected chi connectivity index (χ2v) is 6.84. The lowest BCUT2D eigenvalue weighted by atomic mass is 10.3. The molecule has 0 spiro atoms. The summed E-state index contributed by atoms with van der Waals surface area (Å²) in [6.45, 7) is 2.12. The maximum absolute atomic E-state index is 12.3. The lowest BCUT2D eigenvalue weighted by molar-refractivity contribution is 0.466. The standard InChI is InChI=1S/C13H15BrN2O3S/c1-9-13(7-12(19-9)8-15-2)20(17,18)16-11-5-3-10(14)4-6-11/h3-7,15-16H,8H2,1-2H3. The van der Waals surface area contributed by atoms with E-state index in [1.54, 1.807) is 38.2 Å². The Morgan fingerprint density at radius 2 is 1.90 bits per heavy atom. The van der Waals surface area contributed by atoms with Crippen LogP contribution in [0.3, 0.4) is 0 Å². The molecule has 2 rings (SSSR count). The van der Waals surface area contributed by atoms with Crippen molar-refractivity contribution >= 4 is 31.6 Å². The molecule has 108 valence electrons. The number of benzene rings is 1. The van der Waals surface area contributed by atoms with E-state index in [1.165, 1.54) is 6.07 Å². The van der Waals surface area contributed by atoms with Crippen LogP contribution in [0.1, 0.15) is 11.5 Å². The predicted molar refractivity (Wildman–Crippen MR) is 81.2 cm³/mol. The minimum atomic E-state index is -3.64. The molecule has 0 saturated heterocycles. The van der Waals surface area contributed by atoms with Crippen LogP contribution in [0.4, 0.5) is 5.69 Å². The van der Waals surface area contributed by atoms with Crippen LogP contribution in [0.5, 0.6) is 0 Å². The molecule has 0 aliphatic heterocycles. The second-order valence-electron chi connectivity index (χ2n) is 4.28. The van der Waals surface area contributed by atoms with Gasteiger partial charge in [-0.05, 0) is 38.2 Å². The Balaban J connectivity index is 2.28. The van der Waals surface area contributed by atoms with E-state index in [0.717, 1.165) is 4.47 Å². The van der Waals surface area contributed by atoms with Crippen molar-refractivity contribution in [2.75, 3.05) is 11.8 Å². The first-order valence-corrected chi connectivity index (χ1v) is 8.22. The third kappa shape index (κ3) is 3.41. The molecule has 0 aliphatic rings. The number of hydrogen-bond acceptors (Lipinski definition) is 4. The molecule has 0 bridgehead atoms. The molecule has 0 fully saturated rings. The molecule has 20 heavy (non-hydrogen) atoms. The Morgan fingerprint density at radius 1 is 1.25 bits per heavy atom. The molecule has 0 saturated carbocycles. The molecule has 0 unspecified atom stereocenters. The summed E-state index contributed by atoms with van der Waals surface area (Å²) < 4.78 is 33.5. The fourth-order valence-electron chi connectivity index (χ4n) is 1.78. The number of aryl methyl sites for hydroxylation is 1. The van der Waals surface area contributed by atoms with Gasteiger partial charge in [0.25, 0.3) is 10.0 Å². The van der Waals surface area contributed by atoms with Gasteiger partial charge in [0.15, 0.2) is 0 Å². The van der Waals surface area contributed by atoms with Gasteiger partial charge in [0.2, 0.25) is 0 Å². The van der Waals surface area contributed by atoms with Crippen LogP contribution < -0.4 is 10.0 Å². The highest BCUT2D eigenvalue weighted by molar-refractivity contribution is 9.10. The van der Waals surface area contributed by atoms with Crippen molar-refractivity contribution in [3.8, 4) is 0 Å². The first-order chi connectivity index (χ1) is 9.42. The zero-order valence-electron chi connectivity index (χ0n) is 11.1. The maximum atomic E-state index is 12.3. The molecule has 1 aromatic heterocycles. The first-order valence-electron chi connectivity index (χ1n) is 5.94. The van der Waals surface area contributed by atoms with Gasteiger partial charge >= 0.3 is 0 Å². The smallest absolute Gasteiger partial charge is 0.265 e. The minimum Gasteiger partial charge on any atom is -0.464 e. The highest BCUT2D eigenvalue weighted by atomic mass is 79.9. The highest BCUT2D eigenvalue weighted by Crippen LogP contribution is 2.23. The molecule has 0 radical (unpaired) electrons. The van der Waals surface area contributed by atoms with Gasteiger partial charge in [-0.25, -0.2) is 8.42 Å². The molecule has 0 aliphatic carbocycles. The summed E-state index contributed by atoms with van der Waals surface area (Å²) in [6.07, 6.45) is 0. The van der Waals surface area contributed by atoms with E-state index in [0.29, 0.717) is 23.8 Å². The average Bonchev–Trinajstić information content (AvgIpc) is 2.74. The second kappa shape index (κ2) is 5.99. The van der Waals surface area contributed by atoms with E-state index in [2.05, 4.69) is 26.0 Å². The normalized spacial score (nSPS) is 11.6. The van der Waals surface area contributed by atoms with Crippen molar-refractivity contribution in [2.45, 2.75) is 18.4 Å². The van der Waals surface area contributed by atoms with Crippen molar-refractivity contribution in [3.05, 3.63) is 46.3 Å². The van der Waals surface area contributed by atoms with Crippen LogP contribution in [0.15, 0.2) is 44.1 Å². The van der Waals surface area contributed by atoms with E-state index in [1.807, 2.05) is 0 Å². The van der Waals surface area contributed by atoms with E-state index in [4.69, 9.17) is 4.42 Å². The SMILES string of the molecule is CNCc1cc(S(=O)(=O)Nc2ccc(Br)cc2)c(C)o1. The number of sulfonamides is 1. The lowest BCUT2D eigenvalue weighted by Crippen LogP contribution is -2.13. The highest BCUT2D eigenvalue weighted by Gasteiger charge is 2.21. The Morgan fingerprint density at radius 3 is 2.50 bits per heavy atom. The van der Waals surface area contributed by atoms with Gasteiger partial charge in [-0.2, -0.15) is 0 Å². The first kappa shape index (κ1) is 15.1. The van der Waals surface area contributed by atoms with E-state index >= 15 is 0 Å². The molecular formula is C13H15BrN2O3S. The zero-order chi connectivity index (χ0) is 14.8. The largest absolute Gasteiger partial charge is 0.464 e. The van der Waals surface area contributed by atoms with Gasteiger partial charge in [0.05, 0.1) is 6.54 Å². The van der Waals surface area contributed by atoms with Gasteiger partial charge in [-0.1, -0.05) is 15.9 Å². The Bertz CT molecular complexity index is 693. The number of nitrogens with one attached hydrogen (secondary N) is 2. The number of furan rings is 1. The monoisotopic (exact) mass is 358 g/mol. The summed E-state index contributed by atoms with van der Waals surface area (Å²) in [6, 6.07) is 8.45. The summed E-state index contributed by atoms with van der Waals surface area (Å²) in [4.78, 5) is 0.158. The van der Waals surface area contributed by atoms with Crippen molar-refractivity contribution in [2.24, 2.45) is 0 Å². The minimum absolute atomic E-state index is 0.158. The quantitative estimate of drug-likeness (QED) is 0.861. The van der Waals surface area contributed by atoms with Crippen molar-refractivity contribution in [3.63, 3.8) is 0 Å². The average molecular weight is 359 g/mol. The van der Waals surface area contributed by atoms with E-state index < -0.39 is 10.0 Å². The Kier molecular flexibility index (Phi) is 4.52. The third-order valence-electron chi connectivity index (χ3n) is 2.66. The van der Waals surface area contributed by atoms with Gasteiger partial charge in [0.1, 0.15) is 16.4 Å². The number of anilines is 1. The van der Waals surface area contributed by atoms with Crippen LogP contribution in [-0.4, -0.2) is 15.5 Å². The molecule has 1 aromatic carbocycles. The summed E-state index contributed by atoms with van der Waals surface area (Å²) in [7, 11) is -1.87. The molecule has 2 N–H and O–H groups in total. The van der Waals surface area contributed by atoms with Crippen LogP contribution in [0.2, 0.25) is 0 Å². The predicted octanol–water partition coefficient (Wildman–Crippen LogP) is 2.87. The van der Waals surface area contributed by atoms with E-state index in [-0.39, 0.29) is 4.90 Å². The summed E-state index contributed by atoms with van der Waals surface area (Å²) >= 11 is 3.30. The molecule has 0 amide bonds. The van der Waals surface area contributed by atoms with Crippen LogP contribution in [0, 0.1) is 6.92 Å². The fourth-order valence-corrected chi connectivity index (χ4v) is 3.31. The van der Waals surface area contributed by atoms with Crippen LogP contribution in [0.25, 0.3) is 0 Å². The molecule has 5 nitrogen and oxygen atoms in total. The summed E-state index contributed by atoms with van der Waals surface area (Å²) in [5.41, 5.74) is 0.504. The van der Waals surface area contributed by atoms with Gasteiger partial charge in [-0.3, -0.25) is 4.72 Å². The van der Waals surface area contributed by atoms with Crippen molar-refractivity contribution in [1.82, 2.24) is 5.32 Å². The van der Waals surface area contributed by atoms with Crippen molar-refractivity contribution in [1.29, 1.82) is 0 Å². The van der Waals surface area contributed by atoms with Gasteiger partial charge in [-0.15, -0.1) is 0 Å². The van der Waals surface area contributed by atoms with Crippen LogP contribution in [-0.2, 0) is 16.6 Å². The number of rotatable bonds is 5. The van der Waals surface area contributed by atoms with Crippen molar-refractivity contribution < 1.29 is 12.8 Å². The number of halogens is 1. The zero-order valence-corrected chi connectivity index (χ0v) is 13.5. The summed E-state index contributed by atoms with van der Waals surface area (Å²) in [5.74, 6) is 0.959. The molecule has 7 heteroatoms. The fraction of sp³-hybridized carbons (Fsp3) is 0.231. The third-order valence-corrected chi connectivity index (χ3v) is 4.68. The molecule has 0 atom stereocenters. The molecule has 2 aromatic rings. The van der Waals surface area contributed by atoms with E-state index in [9.17, 15) is 8.42 Å². The van der Waals surface area contributed by atoms with Crippen LogP contribution >= 0.6 is 15.9 Å². The number of hydrogen-bond donors (Lipinski definition) is 2. The van der Waals surface area contributed by atoms with Gasteiger partial charge in [0, 0.05) is 16.2 Å². The molecule has 1 heterocycles. The Hall–Kier alpha value is -1.31. The Labute approximate surface area is 126 Å². The molecular weight excluding hydrogens is 344 g/mol. The maximum Gasteiger partial charge on any atom is 0.265 e. The summed E-state index contributed by atoms with van der Waals surface area (Å²) in [5, 5.41) is 2.92.